The number of nitrogens with one attached hydrogen (secondary N) is 1. The van der Waals surface area contributed by atoms with E-state index in [1.54, 1.807) is 18.2 Å². The maximum Gasteiger partial charge on any atom is 0.264 e. The van der Waals surface area contributed by atoms with Crippen molar-refractivity contribution in [2.45, 2.75) is 50.5 Å². The van der Waals surface area contributed by atoms with E-state index in [9.17, 15) is 17.6 Å². The minimum atomic E-state index is -4.17. The molecule has 0 fully saturated rings. The molecule has 0 bridgehead atoms. The van der Waals surface area contributed by atoms with Crippen molar-refractivity contribution >= 4 is 21.6 Å². The maximum atomic E-state index is 14.7. The molecule has 0 heterocycles. The van der Waals surface area contributed by atoms with Gasteiger partial charge in [-0.3, -0.25) is 9.10 Å². The summed E-state index contributed by atoms with van der Waals surface area (Å²) in [5.74, 6) is -1.22. The molecule has 0 saturated carbocycles. The molecule has 0 saturated heterocycles. The van der Waals surface area contributed by atoms with Crippen molar-refractivity contribution in [1.29, 1.82) is 0 Å². The Hall–Kier alpha value is -3.19. The first-order chi connectivity index (χ1) is 16.3. The first kappa shape index (κ1) is 24.0. The number of benzene rings is 3. The highest BCUT2D eigenvalue weighted by Crippen LogP contribution is 2.27. The summed E-state index contributed by atoms with van der Waals surface area (Å²) in [7, 11) is -4.17. The topological polar surface area (TPSA) is 66.5 Å². The Morgan fingerprint density at radius 2 is 1.68 bits per heavy atom. The summed E-state index contributed by atoms with van der Waals surface area (Å²) in [6.07, 6.45) is 4.45. The second kappa shape index (κ2) is 9.97. The number of anilines is 1. The second-order valence-electron chi connectivity index (χ2n) is 8.80. The third-order valence-electron chi connectivity index (χ3n) is 6.27. The van der Waals surface area contributed by atoms with Crippen LogP contribution >= 0.6 is 0 Å². The van der Waals surface area contributed by atoms with Gasteiger partial charge in [0.1, 0.15) is 12.4 Å². The molecular weight excluding hydrogens is 451 g/mol. The number of aryl methyl sites for hydroxylation is 3. The van der Waals surface area contributed by atoms with Crippen molar-refractivity contribution < 1.29 is 17.6 Å². The average molecular weight is 481 g/mol. The first-order valence-electron chi connectivity index (χ1n) is 11.5. The lowest BCUT2D eigenvalue weighted by Crippen LogP contribution is -2.42. The molecule has 3 aromatic carbocycles. The first-order valence-corrected chi connectivity index (χ1v) is 12.9. The standard InChI is InChI=1S/C27H29FN2O3S/c1-19-11-15-24(16-12-19)34(32,33)30(26-10-6-5-9-25(26)28)18-27(31)29-20(2)22-14-13-21-7-3-4-8-23(21)17-22/h5-6,9-17,20H,3-4,7-8,18H2,1-2H3,(H,29,31)/t20-/m0/s1. The monoisotopic (exact) mass is 480 g/mol. The van der Waals surface area contributed by atoms with Gasteiger partial charge in [-0.25, -0.2) is 12.8 Å². The van der Waals surface area contributed by atoms with Gasteiger partial charge in [0.25, 0.3) is 10.0 Å². The molecule has 1 aliphatic rings. The molecule has 1 amide bonds. The van der Waals surface area contributed by atoms with Crippen LogP contribution in [0.3, 0.4) is 0 Å². The molecule has 7 heteroatoms. The average Bonchev–Trinajstić information content (AvgIpc) is 2.83. The Labute approximate surface area is 200 Å². The summed E-state index contributed by atoms with van der Waals surface area (Å²) >= 11 is 0. The summed E-state index contributed by atoms with van der Waals surface area (Å²) < 4.78 is 42.3. The quantitative estimate of drug-likeness (QED) is 0.513. The van der Waals surface area contributed by atoms with Gasteiger partial charge in [0.2, 0.25) is 5.91 Å². The molecule has 1 atom stereocenters. The predicted octanol–water partition coefficient (Wildman–Crippen LogP) is 5.09. The summed E-state index contributed by atoms with van der Waals surface area (Å²) in [5.41, 5.74) is 4.35. The van der Waals surface area contributed by atoms with Crippen molar-refractivity contribution in [3.8, 4) is 0 Å². The Balaban J connectivity index is 1.58. The number of halogens is 1. The second-order valence-corrected chi connectivity index (χ2v) is 10.7. The molecular formula is C27H29FN2O3S. The largest absolute Gasteiger partial charge is 0.348 e. The van der Waals surface area contributed by atoms with Crippen LogP contribution in [-0.2, 0) is 27.7 Å². The molecule has 0 radical (unpaired) electrons. The lowest BCUT2D eigenvalue weighted by atomic mass is 9.89. The zero-order chi connectivity index (χ0) is 24.3. The summed E-state index contributed by atoms with van der Waals surface area (Å²) in [6.45, 7) is 3.18. The molecule has 178 valence electrons. The van der Waals surface area contributed by atoms with E-state index >= 15 is 0 Å². The van der Waals surface area contributed by atoms with Gasteiger partial charge in [-0.15, -0.1) is 0 Å². The van der Waals surface area contributed by atoms with E-state index in [4.69, 9.17) is 0 Å². The highest BCUT2D eigenvalue weighted by molar-refractivity contribution is 7.92. The van der Waals surface area contributed by atoms with Gasteiger partial charge in [-0.1, -0.05) is 48.0 Å². The fourth-order valence-corrected chi connectivity index (χ4v) is 5.74. The van der Waals surface area contributed by atoms with Gasteiger partial charge in [0, 0.05) is 0 Å². The zero-order valence-corrected chi connectivity index (χ0v) is 20.2. The van der Waals surface area contributed by atoms with Gasteiger partial charge in [-0.2, -0.15) is 0 Å². The number of nitrogens with zero attached hydrogens (tertiary/aromatic N) is 1. The van der Waals surface area contributed by atoms with Gasteiger partial charge in [0.05, 0.1) is 16.6 Å². The smallest absolute Gasteiger partial charge is 0.264 e. The molecule has 1 N–H and O–H groups in total. The van der Waals surface area contributed by atoms with Crippen LogP contribution in [0.4, 0.5) is 10.1 Å². The third-order valence-corrected chi connectivity index (χ3v) is 8.04. The number of fused-ring (bicyclic) bond motifs is 1. The number of hydrogen-bond acceptors (Lipinski definition) is 3. The van der Waals surface area contributed by atoms with Crippen LogP contribution in [0.2, 0.25) is 0 Å². The lowest BCUT2D eigenvalue weighted by molar-refractivity contribution is -0.120. The zero-order valence-electron chi connectivity index (χ0n) is 19.4. The highest BCUT2D eigenvalue weighted by Gasteiger charge is 2.29. The fraction of sp³-hybridized carbons (Fsp3) is 0.296. The van der Waals surface area contributed by atoms with Gasteiger partial charge >= 0.3 is 0 Å². The molecule has 0 aliphatic heterocycles. The number of hydrogen-bond donors (Lipinski definition) is 1. The minimum Gasteiger partial charge on any atom is -0.348 e. The molecule has 0 aromatic heterocycles. The normalized spacial score (nSPS) is 14.2. The van der Waals surface area contributed by atoms with Crippen LogP contribution in [-0.4, -0.2) is 20.9 Å². The molecule has 0 spiro atoms. The van der Waals surface area contributed by atoms with E-state index in [-0.39, 0.29) is 16.6 Å². The van der Waals surface area contributed by atoms with Crippen LogP contribution in [0, 0.1) is 12.7 Å². The van der Waals surface area contributed by atoms with E-state index in [2.05, 4.69) is 17.4 Å². The van der Waals surface area contributed by atoms with Crippen LogP contribution in [0.5, 0.6) is 0 Å². The van der Waals surface area contributed by atoms with E-state index in [1.807, 2.05) is 19.9 Å². The summed E-state index contributed by atoms with van der Waals surface area (Å²) in [6, 6.07) is 17.8. The number of carbonyl (C=O) groups excluding carboxylic acids is 1. The molecule has 3 aromatic rings. The van der Waals surface area contributed by atoms with E-state index in [0.29, 0.717) is 0 Å². The van der Waals surface area contributed by atoms with Crippen LogP contribution in [0.25, 0.3) is 0 Å². The molecule has 1 aliphatic carbocycles. The van der Waals surface area contributed by atoms with Gasteiger partial charge in [-0.05, 0) is 80.5 Å². The number of para-hydroxylation sites is 1. The summed E-state index contributed by atoms with van der Waals surface area (Å²) in [4.78, 5) is 13.0. The Morgan fingerprint density at radius 3 is 2.38 bits per heavy atom. The van der Waals surface area contributed by atoms with E-state index < -0.39 is 28.3 Å². The molecule has 5 nitrogen and oxygen atoms in total. The van der Waals surface area contributed by atoms with Crippen LogP contribution in [0.15, 0.2) is 71.6 Å². The SMILES string of the molecule is Cc1ccc(S(=O)(=O)N(CC(=O)N[C@@H](C)c2ccc3c(c2)CCCC3)c2ccccc2F)cc1. The third kappa shape index (κ3) is 5.14. The van der Waals surface area contributed by atoms with Gasteiger partial charge < -0.3 is 5.32 Å². The number of sulfonamides is 1. The van der Waals surface area contributed by atoms with Crippen LogP contribution in [0.1, 0.15) is 48.1 Å². The van der Waals surface area contributed by atoms with Crippen molar-refractivity contribution in [3.05, 3.63) is 94.8 Å². The molecule has 0 unspecified atom stereocenters. The Bertz CT molecular complexity index is 1290. The number of carbonyl (C=O) groups is 1. The minimum absolute atomic E-state index is 0.00288. The van der Waals surface area contributed by atoms with Crippen molar-refractivity contribution in [2.24, 2.45) is 0 Å². The van der Waals surface area contributed by atoms with Crippen molar-refractivity contribution in [2.75, 3.05) is 10.8 Å². The fourth-order valence-electron chi connectivity index (χ4n) is 4.31. The van der Waals surface area contributed by atoms with E-state index in [0.717, 1.165) is 34.7 Å². The van der Waals surface area contributed by atoms with Gasteiger partial charge in [0.15, 0.2) is 0 Å². The maximum absolute atomic E-state index is 14.7. The predicted molar refractivity (Wildman–Crippen MR) is 132 cm³/mol. The number of amides is 1. The van der Waals surface area contributed by atoms with Crippen LogP contribution < -0.4 is 9.62 Å². The summed E-state index contributed by atoms with van der Waals surface area (Å²) in [5, 5.41) is 2.89. The molecule has 34 heavy (non-hydrogen) atoms. The number of rotatable bonds is 7. The van der Waals surface area contributed by atoms with Crippen molar-refractivity contribution in [1.82, 2.24) is 5.32 Å². The highest BCUT2D eigenvalue weighted by atomic mass is 32.2. The Kier molecular flexibility index (Phi) is 7.03. The van der Waals surface area contributed by atoms with E-state index in [1.165, 1.54) is 47.9 Å². The lowest BCUT2D eigenvalue weighted by Gasteiger charge is -2.26. The van der Waals surface area contributed by atoms with Crippen molar-refractivity contribution in [3.63, 3.8) is 0 Å². The Morgan fingerprint density at radius 1 is 1.00 bits per heavy atom. The molecule has 4 rings (SSSR count).